The lowest BCUT2D eigenvalue weighted by atomic mass is 9.96. The van der Waals surface area contributed by atoms with Crippen LogP contribution in [0.25, 0.3) is 0 Å². The Morgan fingerprint density at radius 1 is 1.00 bits per heavy atom. The van der Waals surface area contributed by atoms with Crippen molar-refractivity contribution in [3.63, 3.8) is 0 Å². The Bertz CT molecular complexity index is 949. The van der Waals surface area contributed by atoms with Crippen LogP contribution in [0.5, 0.6) is 5.75 Å². The van der Waals surface area contributed by atoms with Crippen LogP contribution in [-0.2, 0) is 23.9 Å². The number of hydrogen-bond donors (Lipinski definition) is 5. The Labute approximate surface area is 186 Å². The lowest BCUT2D eigenvalue weighted by Crippen LogP contribution is -2.61. The maximum absolute atomic E-state index is 14.8. The highest BCUT2D eigenvalue weighted by molar-refractivity contribution is 5.42. The predicted molar refractivity (Wildman–Crippen MR) is 106 cm³/mol. The zero-order valence-electron chi connectivity index (χ0n) is 17.4. The maximum atomic E-state index is 14.8. The van der Waals surface area contributed by atoms with Gasteiger partial charge in [-0.15, -0.1) is 0 Å². The third kappa shape index (κ3) is 5.62. The van der Waals surface area contributed by atoms with Crippen LogP contribution >= 0.6 is 0 Å². The molecule has 1 fully saturated rings. The van der Waals surface area contributed by atoms with Crippen molar-refractivity contribution in [3.05, 3.63) is 64.5 Å². The zero-order chi connectivity index (χ0) is 24.5. The van der Waals surface area contributed by atoms with Gasteiger partial charge in [0.1, 0.15) is 36.0 Å². The highest BCUT2D eigenvalue weighted by Crippen LogP contribution is 2.33. The van der Waals surface area contributed by atoms with E-state index < -0.39 is 61.0 Å². The summed E-state index contributed by atoms with van der Waals surface area (Å²) in [5.41, 5.74) is -0.534. The molecule has 1 aliphatic rings. The number of rotatable bonds is 6. The molecule has 0 unspecified atom stereocenters. The Balaban J connectivity index is 1.92. The van der Waals surface area contributed by atoms with Gasteiger partial charge in [0.15, 0.2) is 0 Å². The molecule has 182 valence electrons. The van der Waals surface area contributed by atoms with Gasteiger partial charge in [0, 0.05) is 12.0 Å². The summed E-state index contributed by atoms with van der Waals surface area (Å²) in [7, 11) is 0. The molecule has 2 aromatic rings. The molecule has 2 aromatic carbocycles. The molecule has 1 heterocycles. The van der Waals surface area contributed by atoms with E-state index in [0.29, 0.717) is 5.56 Å². The van der Waals surface area contributed by atoms with Crippen LogP contribution in [0.1, 0.15) is 29.2 Å². The van der Waals surface area contributed by atoms with Gasteiger partial charge in [-0.25, -0.2) is 4.39 Å². The molecule has 6 atom stereocenters. The molecule has 0 spiro atoms. The van der Waals surface area contributed by atoms with Crippen molar-refractivity contribution < 1.29 is 52.6 Å². The summed E-state index contributed by atoms with van der Waals surface area (Å²) in [6.45, 7) is 0.733. The van der Waals surface area contributed by atoms with Crippen LogP contribution in [-0.4, -0.2) is 62.3 Å². The summed E-state index contributed by atoms with van der Waals surface area (Å²) in [5.74, 6) is -1.02. The van der Waals surface area contributed by atoms with Gasteiger partial charge in [-0.05, 0) is 42.3 Å². The lowest BCUT2D eigenvalue weighted by Gasteiger charge is -2.41. The van der Waals surface area contributed by atoms with Crippen molar-refractivity contribution in [1.29, 1.82) is 0 Å². The fourth-order valence-electron chi connectivity index (χ4n) is 3.54. The normalized spacial score (nSPS) is 26.8. The van der Waals surface area contributed by atoms with Gasteiger partial charge in [0.05, 0.1) is 18.3 Å². The summed E-state index contributed by atoms with van der Waals surface area (Å²) in [6.07, 6.45) is -14.0. The topological polar surface area (TPSA) is 120 Å². The zero-order valence-corrected chi connectivity index (χ0v) is 17.4. The van der Waals surface area contributed by atoms with Crippen LogP contribution in [0.4, 0.5) is 17.6 Å². The largest absolute Gasteiger partial charge is 0.462 e. The molecule has 0 bridgehead atoms. The first-order valence-electron chi connectivity index (χ1n) is 10.0. The molecular formula is C22H24F4O7. The van der Waals surface area contributed by atoms with E-state index in [9.17, 15) is 43.1 Å². The van der Waals surface area contributed by atoms with E-state index in [0.717, 1.165) is 18.2 Å². The summed E-state index contributed by atoms with van der Waals surface area (Å²) < 4.78 is 64.2. The first kappa shape index (κ1) is 25.3. The van der Waals surface area contributed by atoms with E-state index in [1.807, 2.05) is 0 Å². The van der Waals surface area contributed by atoms with Crippen molar-refractivity contribution in [2.24, 2.45) is 0 Å². The monoisotopic (exact) mass is 476 g/mol. The molecule has 11 heteroatoms. The SMILES string of the molecule is C[C@@H](O)[C@H]1O[C@@H](Oc2cc(CO)cc(F)c2Cc2ccc(C(F)(F)F)cc2)[C@H](O)[C@@H](O)[C@@H]1O. The van der Waals surface area contributed by atoms with E-state index in [-0.39, 0.29) is 23.3 Å². The Morgan fingerprint density at radius 2 is 1.64 bits per heavy atom. The molecule has 5 N–H and O–H groups in total. The second-order valence-electron chi connectivity index (χ2n) is 7.88. The number of ether oxygens (including phenoxy) is 2. The van der Waals surface area contributed by atoms with E-state index in [4.69, 9.17) is 9.47 Å². The third-order valence-electron chi connectivity index (χ3n) is 5.38. The average Bonchev–Trinajstić information content (AvgIpc) is 2.75. The van der Waals surface area contributed by atoms with Crippen LogP contribution in [0.2, 0.25) is 0 Å². The summed E-state index contributed by atoms with van der Waals surface area (Å²) in [6, 6.07) is 6.36. The van der Waals surface area contributed by atoms with Gasteiger partial charge in [-0.1, -0.05) is 12.1 Å². The number of benzene rings is 2. The molecule has 0 amide bonds. The molecule has 33 heavy (non-hydrogen) atoms. The van der Waals surface area contributed by atoms with Gasteiger partial charge < -0.3 is 35.0 Å². The van der Waals surface area contributed by atoms with E-state index in [2.05, 4.69) is 0 Å². The van der Waals surface area contributed by atoms with Gasteiger partial charge in [0.2, 0.25) is 6.29 Å². The number of aliphatic hydroxyl groups is 5. The number of alkyl halides is 3. The molecule has 1 saturated heterocycles. The van der Waals surface area contributed by atoms with Crippen LogP contribution in [0, 0.1) is 5.82 Å². The molecule has 7 nitrogen and oxygen atoms in total. The summed E-state index contributed by atoms with van der Waals surface area (Å²) in [4.78, 5) is 0. The van der Waals surface area contributed by atoms with Gasteiger partial charge in [0.25, 0.3) is 0 Å². The van der Waals surface area contributed by atoms with Gasteiger partial charge >= 0.3 is 6.18 Å². The van der Waals surface area contributed by atoms with Crippen molar-refractivity contribution >= 4 is 0 Å². The second-order valence-corrected chi connectivity index (χ2v) is 7.88. The molecule has 0 aromatic heterocycles. The highest BCUT2D eigenvalue weighted by atomic mass is 19.4. The molecule has 0 saturated carbocycles. The van der Waals surface area contributed by atoms with Crippen LogP contribution in [0.15, 0.2) is 36.4 Å². The van der Waals surface area contributed by atoms with Gasteiger partial charge in [-0.2, -0.15) is 13.2 Å². The fourth-order valence-corrected chi connectivity index (χ4v) is 3.54. The number of hydrogen-bond acceptors (Lipinski definition) is 7. The minimum atomic E-state index is -4.53. The quantitative estimate of drug-likeness (QED) is 0.401. The van der Waals surface area contributed by atoms with E-state index >= 15 is 0 Å². The smallest absolute Gasteiger partial charge is 0.416 e. The number of halogens is 4. The van der Waals surface area contributed by atoms with Crippen LogP contribution in [0.3, 0.4) is 0 Å². The third-order valence-corrected chi connectivity index (χ3v) is 5.38. The Morgan fingerprint density at radius 3 is 2.18 bits per heavy atom. The van der Waals surface area contributed by atoms with Crippen molar-refractivity contribution in [3.8, 4) is 5.75 Å². The van der Waals surface area contributed by atoms with Gasteiger partial charge in [-0.3, -0.25) is 0 Å². The lowest BCUT2D eigenvalue weighted by molar-refractivity contribution is -0.286. The van der Waals surface area contributed by atoms with Crippen molar-refractivity contribution in [2.45, 2.75) is 62.9 Å². The van der Waals surface area contributed by atoms with Crippen molar-refractivity contribution in [1.82, 2.24) is 0 Å². The molecule has 0 radical (unpaired) electrons. The minimum Gasteiger partial charge on any atom is -0.462 e. The minimum absolute atomic E-state index is 0.100. The van der Waals surface area contributed by atoms with E-state index in [1.165, 1.54) is 25.1 Å². The highest BCUT2D eigenvalue weighted by Gasteiger charge is 2.46. The summed E-state index contributed by atoms with van der Waals surface area (Å²) >= 11 is 0. The first-order chi connectivity index (χ1) is 15.4. The molecule has 1 aliphatic heterocycles. The molecule has 3 rings (SSSR count). The van der Waals surface area contributed by atoms with Crippen LogP contribution < -0.4 is 4.74 Å². The first-order valence-corrected chi connectivity index (χ1v) is 10.0. The Kier molecular flexibility index (Phi) is 7.62. The standard InChI is InChI=1S/C22H24F4O7/c1-10(28)20-18(30)17(29)19(31)21(33-20)32-16-8-12(9-27)7-15(23)14(16)6-11-2-4-13(5-3-11)22(24,25)26/h2-5,7-8,10,17-21,27-31H,6,9H2,1H3/t10-,17+,18+,19-,20-,21-/m1/s1. The van der Waals surface area contributed by atoms with Crippen molar-refractivity contribution in [2.75, 3.05) is 0 Å². The second kappa shape index (κ2) is 9.92. The fraction of sp³-hybridized carbons (Fsp3) is 0.455. The number of aliphatic hydroxyl groups excluding tert-OH is 5. The predicted octanol–water partition coefficient (Wildman–Crippen LogP) is 1.49. The Hall–Kier alpha value is -2.28. The van der Waals surface area contributed by atoms with E-state index in [1.54, 1.807) is 0 Å². The summed E-state index contributed by atoms with van der Waals surface area (Å²) in [5, 5.41) is 49.5. The molecule has 0 aliphatic carbocycles. The average molecular weight is 476 g/mol. The molecular weight excluding hydrogens is 452 g/mol. The maximum Gasteiger partial charge on any atom is 0.416 e.